The first-order chi connectivity index (χ1) is 16.8. The second-order valence-electron chi connectivity index (χ2n) is 10.0. The Morgan fingerprint density at radius 3 is 2.19 bits per heavy atom. The van der Waals surface area contributed by atoms with Crippen LogP contribution in [0.25, 0.3) is 0 Å². The van der Waals surface area contributed by atoms with Crippen molar-refractivity contribution in [2.75, 3.05) is 12.4 Å². The largest absolute Gasteiger partial charge is 0.481 e. The Morgan fingerprint density at radius 1 is 1.08 bits per heavy atom. The first-order valence-corrected chi connectivity index (χ1v) is 12.2. The van der Waals surface area contributed by atoms with E-state index < -0.39 is 29.9 Å². The molecule has 2 bridgehead atoms. The number of carboxylic acids is 1. The highest BCUT2D eigenvalue weighted by Crippen LogP contribution is 2.74. The number of benzene rings is 2. The highest BCUT2D eigenvalue weighted by Gasteiger charge is 2.71. The van der Waals surface area contributed by atoms with Crippen LogP contribution in [0, 0.1) is 11.3 Å². The molecule has 0 saturated heterocycles. The van der Waals surface area contributed by atoms with Crippen molar-refractivity contribution in [2.45, 2.75) is 56.2 Å². The molecule has 5 nitrogen and oxygen atoms in total. The molecule has 194 valence electrons. The summed E-state index contributed by atoms with van der Waals surface area (Å²) in [5.41, 5.74) is 0.542. The zero-order valence-corrected chi connectivity index (χ0v) is 21.2. The molecule has 3 aliphatic carbocycles. The van der Waals surface area contributed by atoms with Gasteiger partial charge in [-0.3, -0.25) is 9.59 Å². The van der Waals surface area contributed by atoms with Crippen molar-refractivity contribution in [3.8, 4) is 0 Å². The molecule has 10 heteroatoms. The summed E-state index contributed by atoms with van der Waals surface area (Å²) in [4.78, 5) is 24.9. The molecule has 1 amide bonds. The topological polar surface area (TPSA) is 75.6 Å². The Balaban J connectivity index is 1.63. The van der Waals surface area contributed by atoms with Gasteiger partial charge in [-0.2, -0.15) is 13.2 Å². The lowest BCUT2D eigenvalue weighted by molar-refractivity contribution is -0.284. The van der Waals surface area contributed by atoms with Gasteiger partial charge in [0, 0.05) is 18.1 Å². The van der Waals surface area contributed by atoms with Crippen molar-refractivity contribution in [3.63, 3.8) is 0 Å². The quantitative estimate of drug-likeness (QED) is 0.355. The summed E-state index contributed by atoms with van der Waals surface area (Å²) >= 11 is 12.2. The van der Waals surface area contributed by atoms with E-state index in [1.54, 1.807) is 19.2 Å². The molecule has 3 aliphatic rings. The molecule has 2 aromatic carbocycles. The number of carboxylic acid groups (broad SMARTS) is 1. The van der Waals surface area contributed by atoms with E-state index in [-0.39, 0.29) is 39.6 Å². The summed E-state index contributed by atoms with van der Waals surface area (Å²) in [6, 6.07) is 10.5. The average molecular weight is 544 g/mol. The Hall–Kier alpha value is -2.29. The van der Waals surface area contributed by atoms with E-state index in [0.717, 1.165) is 26.2 Å². The number of carbonyl (C=O) groups excluding carboxylic acids is 1. The number of halogens is 5. The normalized spacial score (nSPS) is 25.2. The van der Waals surface area contributed by atoms with Gasteiger partial charge in [0.05, 0.1) is 34.6 Å². The van der Waals surface area contributed by atoms with Crippen molar-refractivity contribution in [2.24, 2.45) is 11.3 Å². The van der Waals surface area contributed by atoms with E-state index in [1.165, 1.54) is 30.3 Å². The maximum atomic E-state index is 13.7. The summed E-state index contributed by atoms with van der Waals surface area (Å²) in [5, 5.41) is 12.6. The molecule has 0 spiro atoms. The second kappa shape index (κ2) is 9.54. The number of alkyl halides is 3. The molecule has 36 heavy (non-hydrogen) atoms. The number of aliphatic carboxylic acids is 1. The lowest BCUT2D eigenvalue weighted by Crippen LogP contribution is -2.70. The molecule has 0 aliphatic heterocycles. The van der Waals surface area contributed by atoms with Crippen LogP contribution < -0.4 is 5.32 Å². The molecule has 0 aromatic heterocycles. The molecule has 2 N–H and O–H groups in total. The molecule has 0 heterocycles. The number of rotatable bonds is 9. The van der Waals surface area contributed by atoms with Gasteiger partial charge in [0.25, 0.3) is 0 Å². The van der Waals surface area contributed by atoms with Gasteiger partial charge in [0.1, 0.15) is 0 Å². The first kappa shape index (κ1) is 26.8. The van der Waals surface area contributed by atoms with Crippen LogP contribution >= 0.6 is 23.2 Å². The molecular formula is C26H26Cl2F3NO4. The number of methoxy groups -OCH3 is 1. The van der Waals surface area contributed by atoms with E-state index in [9.17, 15) is 27.9 Å². The van der Waals surface area contributed by atoms with Crippen LogP contribution in [0.3, 0.4) is 0 Å². The van der Waals surface area contributed by atoms with E-state index in [0.29, 0.717) is 10.6 Å². The molecule has 3 atom stereocenters. The van der Waals surface area contributed by atoms with E-state index >= 15 is 0 Å². The monoisotopic (exact) mass is 543 g/mol. The number of anilines is 1. The van der Waals surface area contributed by atoms with Crippen molar-refractivity contribution in [3.05, 3.63) is 63.6 Å². The van der Waals surface area contributed by atoms with Crippen molar-refractivity contribution < 1.29 is 32.6 Å². The third-order valence-corrected chi connectivity index (χ3v) is 8.33. The Labute approximate surface area is 216 Å². The fourth-order valence-corrected chi connectivity index (χ4v) is 6.10. The minimum Gasteiger partial charge on any atom is -0.481 e. The summed E-state index contributed by atoms with van der Waals surface area (Å²) in [6.07, 6.45) is -2.53. The third-order valence-electron chi connectivity index (χ3n) is 7.75. The van der Waals surface area contributed by atoms with Gasteiger partial charge >= 0.3 is 12.1 Å². The molecule has 2 aromatic rings. The van der Waals surface area contributed by atoms with Crippen LogP contribution in [-0.2, 0) is 14.3 Å². The van der Waals surface area contributed by atoms with Gasteiger partial charge in [-0.25, -0.2) is 0 Å². The van der Waals surface area contributed by atoms with Crippen LogP contribution in [0.1, 0.15) is 55.6 Å². The number of ether oxygens (including phenoxy) is 1. The number of nitrogens with one attached hydrogen (secondary N) is 1. The Kier molecular flexibility index (Phi) is 7.09. The summed E-state index contributed by atoms with van der Waals surface area (Å²) in [7, 11) is 1.64. The fraction of sp³-hybridized carbons (Fsp3) is 0.462. The van der Waals surface area contributed by atoms with Crippen LogP contribution in [0.15, 0.2) is 42.5 Å². The molecule has 1 unspecified atom stereocenters. The summed E-state index contributed by atoms with van der Waals surface area (Å²) in [6.45, 7) is 0.953. The van der Waals surface area contributed by atoms with Gasteiger partial charge in [-0.15, -0.1) is 0 Å². The number of amides is 1. The van der Waals surface area contributed by atoms with Crippen LogP contribution in [0.4, 0.5) is 18.9 Å². The van der Waals surface area contributed by atoms with Crippen LogP contribution in [0.2, 0.25) is 10.0 Å². The fourth-order valence-electron chi connectivity index (χ4n) is 5.81. The number of hydrogen-bond acceptors (Lipinski definition) is 3. The summed E-state index contributed by atoms with van der Waals surface area (Å²) < 4.78 is 46.6. The predicted molar refractivity (Wildman–Crippen MR) is 131 cm³/mol. The van der Waals surface area contributed by atoms with Crippen molar-refractivity contribution in [1.29, 1.82) is 0 Å². The molecule has 0 radical (unpaired) electrons. The zero-order valence-electron chi connectivity index (χ0n) is 19.7. The standard InChI is InChI=1S/C26H26Cl2F3NO4/c1-14(26(29,30)31)22(15-3-6-17(27)7-4-15)23(35)32-20-9-16(5-8-19(20)28)18(10-21(33)34)24-11-25(12-24,13-24)36-2/h3-9,14,18,22H,10-13H2,1-2H3,(H,32,35)(H,33,34)/t14-,18?,22+,24?,25?/m1/s1. The van der Waals surface area contributed by atoms with Gasteiger partial charge in [-0.05, 0) is 60.1 Å². The highest BCUT2D eigenvalue weighted by atomic mass is 35.5. The Morgan fingerprint density at radius 2 is 1.67 bits per heavy atom. The van der Waals surface area contributed by atoms with Crippen LogP contribution in [-0.4, -0.2) is 35.9 Å². The SMILES string of the molecule is COC12CC(C(CC(=O)O)c3ccc(Cl)c(NC(=O)[C@H](c4ccc(Cl)cc4)[C@@H](C)C(F)(F)F)c3)(C1)C2. The predicted octanol–water partition coefficient (Wildman–Crippen LogP) is 7.04. The third kappa shape index (κ3) is 4.95. The molecule has 5 rings (SSSR count). The number of carbonyl (C=O) groups is 2. The Bertz CT molecular complexity index is 1150. The van der Waals surface area contributed by atoms with E-state index in [4.69, 9.17) is 27.9 Å². The maximum Gasteiger partial charge on any atom is 0.392 e. The van der Waals surface area contributed by atoms with Crippen molar-refractivity contribution >= 4 is 40.8 Å². The minimum atomic E-state index is -4.62. The molecular weight excluding hydrogens is 518 g/mol. The average Bonchev–Trinajstić information content (AvgIpc) is 2.73. The lowest BCUT2D eigenvalue weighted by Gasteiger charge is -2.72. The van der Waals surface area contributed by atoms with Gasteiger partial charge < -0.3 is 15.2 Å². The van der Waals surface area contributed by atoms with Gasteiger partial charge in [0.2, 0.25) is 5.91 Å². The molecule has 3 saturated carbocycles. The maximum absolute atomic E-state index is 13.7. The first-order valence-electron chi connectivity index (χ1n) is 11.5. The zero-order chi connectivity index (χ0) is 26.5. The van der Waals surface area contributed by atoms with Gasteiger partial charge in [0.15, 0.2) is 0 Å². The highest BCUT2D eigenvalue weighted by molar-refractivity contribution is 6.33. The molecule has 3 fully saturated rings. The second-order valence-corrected chi connectivity index (χ2v) is 10.9. The minimum absolute atomic E-state index is 0.118. The van der Waals surface area contributed by atoms with E-state index in [1.807, 2.05) is 0 Å². The lowest BCUT2D eigenvalue weighted by atomic mass is 9.36. The van der Waals surface area contributed by atoms with Crippen LogP contribution in [0.5, 0.6) is 0 Å². The number of hydrogen-bond donors (Lipinski definition) is 2. The van der Waals surface area contributed by atoms with Gasteiger partial charge in [-0.1, -0.05) is 48.3 Å². The summed E-state index contributed by atoms with van der Waals surface area (Å²) in [5.74, 6) is -5.71. The smallest absolute Gasteiger partial charge is 0.392 e. The van der Waals surface area contributed by atoms with E-state index in [2.05, 4.69) is 5.32 Å². The van der Waals surface area contributed by atoms with Crippen molar-refractivity contribution in [1.82, 2.24) is 0 Å².